The van der Waals surface area contributed by atoms with Crippen LogP contribution in [0.15, 0.2) is 19.9 Å². The molecule has 3 nitrogen and oxygen atoms in total. The zero-order chi connectivity index (χ0) is 11.4. The molecule has 0 bridgehead atoms. The average Bonchev–Trinajstić information content (AvgIpc) is 2.74. The van der Waals surface area contributed by atoms with Crippen LogP contribution in [-0.4, -0.2) is 0 Å². The highest BCUT2D eigenvalue weighted by Gasteiger charge is 2.24. The van der Waals surface area contributed by atoms with Gasteiger partial charge in [-0.25, -0.2) is 4.79 Å². The van der Waals surface area contributed by atoms with E-state index in [2.05, 4.69) is 11.3 Å². The second-order valence-electron chi connectivity index (χ2n) is 4.85. The summed E-state index contributed by atoms with van der Waals surface area (Å²) in [4.78, 5) is 10.8. The lowest BCUT2D eigenvalue weighted by atomic mass is 9.79. The quantitative estimate of drug-likeness (QED) is 0.783. The molecule has 0 atom stereocenters. The van der Waals surface area contributed by atoms with E-state index in [-0.39, 0.29) is 0 Å². The van der Waals surface area contributed by atoms with Crippen molar-refractivity contribution in [3.05, 3.63) is 22.6 Å². The Kier molecular flexibility index (Phi) is 3.86. The monoisotopic (exact) mass is 224 g/mol. The minimum Gasteiger partial charge on any atom is -0.399 e. The molecule has 1 fully saturated rings. The molecule has 0 aromatic carbocycles. The molecule has 0 N–H and O–H groups in total. The third kappa shape index (κ3) is 2.77. The van der Waals surface area contributed by atoms with Crippen LogP contribution in [0, 0.1) is 5.92 Å². The lowest BCUT2D eigenvalue weighted by molar-refractivity contribution is 0.276. The van der Waals surface area contributed by atoms with Gasteiger partial charge in [0, 0.05) is 5.92 Å². The van der Waals surface area contributed by atoms with Gasteiger partial charge in [-0.2, -0.15) is 0 Å². The Morgan fingerprint density at radius 3 is 2.62 bits per heavy atom. The number of hydrogen-bond donors (Lipinski definition) is 0. The van der Waals surface area contributed by atoms with Crippen molar-refractivity contribution in [2.45, 2.75) is 57.8 Å². The fourth-order valence-corrected chi connectivity index (χ4v) is 2.66. The third-order valence-corrected chi connectivity index (χ3v) is 3.69. The average molecular weight is 224 g/mol. The lowest BCUT2D eigenvalue weighted by Gasteiger charge is -2.26. The standard InChI is InChI=1S/C13H20O3/c1-2-3-4-10-5-7-11(8-6-10)12-9-15-13(14)16-12/h9-11H,2-8H2,1H3. The lowest BCUT2D eigenvalue weighted by Crippen LogP contribution is -2.13. The first kappa shape index (κ1) is 11.5. The molecule has 0 radical (unpaired) electrons. The predicted octanol–water partition coefficient (Wildman–Crippen LogP) is 3.70. The molecule has 1 aromatic heterocycles. The van der Waals surface area contributed by atoms with Crippen molar-refractivity contribution >= 4 is 0 Å². The van der Waals surface area contributed by atoms with Gasteiger partial charge in [0.25, 0.3) is 0 Å². The van der Waals surface area contributed by atoms with Gasteiger partial charge in [0.05, 0.1) is 0 Å². The van der Waals surface area contributed by atoms with Gasteiger partial charge < -0.3 is 8.83 Å². The number of rotatable bonds is 4. The Labute approximate surface area is 95.8 Å². The maximum absolute atomic E-state index is 10.8. The minimum absolute atomic E-state index is 0.407. The molecule has 3 heteroatoms. The van der Waals surface area contributed by atoms with E-state index in [0.717, 1.165) is 24.5 Å². The molecule has 90 valence electrons. The fourth-order valence-electron chi connectivity index (χ4n) is 2.66. The Morgan fingerprint density at radius 1 is 1.31 bits per heavy atom. The van der Waals surface area contributed by atoms with Crippen LogP contribution in [0.4, 0.5) is 0 Å². The van der Waals surface area contributed by atoms with Crippen molar-refractivity contribution in [1.29, 1.82) is 0 Å². The Hall–Kier alpha value is -0.990. The van der Waals surface area contributed by atoms with Crippen molar-refractivity contribution in [3.63, 3.8) is 0 Å². The van der Waals surface area contributed by atoms with Crippen LogP contribution in [-0.2, 0) is 0 Å². The first-order valence-electron chi connectivity index (χ1n) is 6.38. The molecule has 0 aliphatic heterocycles. The summed E-state index contributed by atoms with van der Waals surface area (Å²) in [5.41, 5.74) is 0. The molecule has 16 heavy (non-hydrogen) atoms. The van der Waals surface area contributed by atoms with Gasteiger partial charge in [0.2, 0.25) is 0 Å². The van der Waals surface area contributed by atoms with Gasteiger partial charge in [-0.15, -0.1) is 0 Å². The Balaban J connectivity index is 1.83. The Morgan fingerprint density at radius 2 is 2.06 bits per heavy atom. The first-order valence-corrected chi connectivity index (χ1v) is 6.38. The molecule has 0 amide bonds. The van der Waals surface area contributed by atoms with Crippen LogP contribution in [0.5, 0.6) is 0 Å². The Bertz CT molecular complexity index is 355. The van der Waals surface area contributed by atoms with Crippen molar-refractivity contribution in [2.75, 3.05) is 0 Å². The third-order valence-electron chi connectivity index (χ3n) is 3.69. The second kappa shape index (κ2) is 5.37. The van der Waals surface area contributed by atoms with E-state index < -0.39 is 5.82 Å². The van der Waals surface area contributed by atoms with Gasteiger partial charge in [0.15, 0.2) is 0 Å². The maximum atomic E-state index is 10.8. The largest absolute Gasteiger partial charge is 0.518 e. The predicted molar refractivity (Wildman–Crippen MR) is 61.5 cm³/mol. The normalized spacial score (nSPS) is 25.8. The van der Waals surface area contributed by atoms with Crippen LogP contribution in [0.25, 0.3) is 0 Å². The maximum Gasteiger partial charge on any atom is 0.518 e. The van der Waals surface area contributed by atoms with Gasteiger partial charge >= 0.3 is 5.82 Å². The zero-order valence-corrected chi connectivity index (χ0v) is 9.91. The van der Waals surface area contributed by atoms with Crippen molar-refractivity contribution in [2.24, 2.45) is 5.92 Å². The molecule has 0 saturated heterocycles. The van der Waals surface area contributed by atoms with E-state index in [1.807, 2.05) is 0 Å². The van der Waals surface area contributed by atoms with Crippen LogP contribution >= 0.6 is 0 Å². The van der Waals surface area contributed by atoms with Gasteiger partial charge in [0.1, 0.15) is 12.0 Å². The fraction of sp³-hybridized carbons (Fsp3) is 0.769. The molecule has 1 aliphatic carbocycles. The summed E-state index contributed by atoms with van der Waals surface area (Å²) < 4.78 is 9.70. The molecule has 1 aliphatic rings. The first-order chi connectivity index (χ1) is 7.79. The van der Waals surface area contributed by atoms with Crippen molar-refractivity contribution in [1.82, 2.24) is 0 Å². The zero-order valence-electron chi connectivity index (χ0n) is 9.91. The van der Waals surface area contributed by atoms with E-state index in [0.29, 0.717) is 5.92 Å². The molecule has 0 spiro atoms. The molecular formula is C13H20O3. The van der Waals surface area contributed by atoms with Gasteiger partial charge in [-0.1, -0.05) is 26.2 Å². The number of hydrogen-bond acceptors (Lipinski definition) is 3. The molecule has 1 heterocycles. The van der Waals surface area contributed by atoms with Crippen molar-refractivity contribution < 1.29 is 8.83 Å². The SMILES string of the molecule is CCCCC1CCC(c2coc(=O)o2)CC1. The topological polar surface area (TPSA) is 43.4 Å². The van der Waals surface area contributed by atoms with E-state index in [1.165, 1.54) is 38.4 Å². The number of unbranched alkanes of at least 4 members (excludes halogenated alkanes) is 1. The summed E-state index contributed by atoms with van der Waals surface area (Å²) in [6.07, 6.45) is 10.3. The molecule has 1 aromatic rings. The minimum atomic E-state index is -0.567. The highest BCUT2D eigenvalue weighted by molar-refractivity contribution is 4.98. The van der Waals surface area contributed by atoms with E-state index in [1.54, 1.807) is 0 Å². The smallest absolute Gasteiger partial charge is 0.399 e. The van der Waals surface area contributed by atoms with E-state index in [9.17, 15) is 4.79 Å². The second-order valence-corrected chi connectivity index (χ2v) is 4.85. The summed E-state index contributed by atoms with van der Waals surface area (Å²) in [6.45, 7) is 2.24. The molecule has 2 rings (SSSR count). The molecular weight excluding hydrogens is 204 g/mol. The van der Waals surface area contributed by atoms with Crippen LogP contribution in [0.3, 0.4) is 0 Å². The van der Waals surface area contributed by atoms with Crippen molar-refractivity contribution in [3.8, 4) is 0 Å². The summed E-state index contributed by atoms with van der Waals surface area (Å²) in [7, 11) is 0. The van der Waals surface area contributed by atoms with Crippen LogP contribution in [0.1, 0.15) is 63.5 Å². The van der Waals surface area contributed by atoms with Gasteiger partial charge in [-0.3, -0.25) is 0 Å². The summed E-state index contributed by atoms with van der Waals surface area (Å²) >= 11 is 0. The summed E-state index contributed by atoms with van der Waals surface area (Å²) in [5, 5.41) is 0. The highest BCUT2D eigenvalue weighted by Crippen LogP contribution is 2.37. The van der Waals surface area contributed by atoms with E-state index >= 15 is 0 Å². The molecule has 0 unspecified atom stereocenters. The summed E-state index contributed by atoms with van der Waals surface area (Å²) in [5.74, 6) is 1.47. The van der Waals surface area contributed by atoms with Gasteiger partial charge in [-0.05, 0) is 31.6 Å². The van der Waals surface area contributed by atoms with Crippen LogP contribution in [0.2, 0.25) is 0 Å². The highest BCUT2D eigenvalue weighted by atomic mass is 16.6. The summed E-state index contributed by atoms with van der Waals surface area (Å²) in [6, 6.07) is 0. The van der Waals surface area contributed by atoms with E-state index in [4.69, 9.17) is 4.42 Å². The molecule has 1 saturated carbocycles. The van der Waals surface area contributed by atoms with Crippen LogP contribution < -0.4 is 5.82 Å².